The number of alkyl halides is 1. The van der Waals surface area contributed by atoms with Crippen LogP contribution in [0.15, 0.2) is 22.6 Å². The zero-order chi connectivity index (χ0) is 28.1. The molecule has 2 aromatic heterocycles. The lowest BCUT2D eigenvalue weighted by atomic mass is 9.90. The van der Waals surface area contributed by atoms with E-state index in [-0.39, 0.29) is 40.5 Å². The first kappa shape index (κ1) is 27.6. The molecule has 1 N–H and O–H groups in total. The molecule has 0 unspecified atom stereocenters. The lowest BCUT2D eigenvalue weighted by Crippen LogP contribution is -2.39. The third-order valence-corrected chi connectivity index (χ3v) is 8.57. The van der Waals surface area contributed by atoms with E-state index in [4.69, 9.17) is 4.42 Å². The number of ketones is 1. The van der Waals surface area contributed by atoms with Gasteiger partial charge in [-0.1, -0.05) is 20.8 Å². The van der Waals surface area contributed by atoms with Crippen molar-refractivity contribution in [1.29, 1.82) is 0 Å². The van der Waals surface area contributed by atoms with Crippen LogP contribution in [0.25, 0.3) is 21.3 Å². The first-order valence-electron chi connectivity index (χ1n) is 13.5. The molecular formula is C29H35FN4O4S. The average Bonchev–Trinajstić information content (AvgIpc) is 3.27. The molecule has 1 aromatic carbocycles. The van der Waals surface area contributed by atoms with Gasteiger partial charge in [0.25, 0.3) is 11.8 Å². The molecule has 39 heavy (non-hydrogen) atoms. The Bertz CT molecular complexity index is 1390. The van der Waals surface area contributed by atoms with Crippen molar-refractivity contribution in [3.63, 3.8) is 0 Å². The Morgan fingerprint density at radius 3 is 2.49 bits per heavy atom. The third kappa shape index (κ3) is 5.82. The summed E-state index contributed by atoms with van der Waals surface area (Å²) < 4.78 is 19.6. The topological polar surface area (TPSA) is 109 Å². The number of halogens is 1. The van der Waals surface area contributed by atoms with Crippen LogP contribution in [0.1, 0.15) is 99.0 Å². The monoisotopic (exact) mass is 554 g/mol. The second kappa shape index (κ2) is 10.2. The van der Waals surface area contributed by atoms with Gasteiger partial charge in [0.1, 0.15) is 17.5 Å². The van der Waals surface area contributed by atoms with E-state index in [1.54, 1.807) is 18.7 Å². The number of hydrogen-bond donors (Lipinski definition) is 1. The SMILES string of the molecule is CC(C)CC(=O)c1cc(-c2sc(-c3nnc(C(C)(C)O)o3)nc2C(=O)N2CCC(F)CC2)cc(C2(C)CC2)c1. The van der Waals surface area contributed by atoms with Gasteiger partial charge < -0.3 is 14.4 Å². The van der Waals surface area contributed by atoms with Crippen LogP contribution in [-0.4, -0.2) is 56.1 Å². The fourth-order valence-corrected chi connectivity index (χ4v) is 5.71. The molecule has 10 heteroatoms. The van der Waals surface area contributed by atoms with E-state index in [9.17, 15) is 19.1 Å². The van der Waals surface area contributed by atoms with Crippen molar-refractivity contribution in [1.82, 2.24) is 20.1 Å². The van der Waals surface area contributed by atoms with E-state index in [2.05, 4.69) is 28.2 Å². The van der Waals surface area contributed by atoms with Gasteiger partial charge in [-0.2, -0.15) is 0 Å². The fraction of sp³-hybridized carbons (Fsp3) is 0.552. The number of aliphatic hydroxyl groups is 1. The highest BCUT2D eigenvalue weighted by atomic mass is 32.1. The standard InChI is InChI=1S/C29H35FN4O4S/c1-16(2)12-21(35)17-13-18(15-19(14-17)29(5)8-9-29)23-22(26(36)34-10-6-20(30)7-11-34)31-25(39-23)24-32-33-27(38-24)28(3,4)37/h13-16,20,37H,6-12H2,1-5H3. The minimum atomic E-state index is -1.33. The van der Waals surface area contributed by atoms with E-state index in [0.717, 1.165) is 24.0 Å². The maximum atomic E-state index is 13.8. The number of rotatable bonds is 8. The zero-order valence-corrected chi connectivity index (χ0v) is 23.9. The van der Waals surface area contributed by atoms with Gasteiger partial charge in [0.2, 0.25) is 5.89 Å². The number of thiazole rings is 1. The number of benzene rings is 1. The molecule has 1 saturated heterocycles. The van der Waals surface area contributed by atoms with Crippen LogP contribution < -0.4 is 0 Å². The molecule has 0 radical (unpaired) electrons. The summed E-state index contributed by atoms with van der Waals surface area (Å²) in [6.07, 6.45) is 2.17. The van der Waals surface area contributed by atoms with E-state index in [0.29, 0.717) is 47.8 Å². The number of carbonyl (C=O) groups excluding carboxylic acids is 2. The van der Waals surface area contributed by atoms with Gasteiger partial charge in [0.15, 0.2) is 10.8 Å². The molecule has 2 aliphatic rings. The van der Waals surface area contributed by atoms with Gasteiger partial charge in [-0.25, -0.2) is 9.37 Å². The smallest absolute Gasteiger partial charge is 0.276 e. The van der Waals surface area contributed by atoms with Crippen molar-refractivity contribution in [2.45, 2.75) is 83.9 Å². The predicted molar refractivity (Wildman–Crippen MR) is 146 cm³/mol. The number of Topliss-reactive ketones (excluding diaryl/α,β-unsaturated/α-hetero) is 1. The van der Waals surface area contributed by atoms with Crippen molar-refractivity contribution in [2.24, 2.45) is 5.92 Å². The lowest BCUT2D eigenvalue weighted by molar-refractivity contribution is 0.0487. The Kier molecular flexibility index (Phi) is 7.22. The lowest BCUT2D eigenvalue weighted by Gasteiger charge is -2.28. The van der Waals surface area contributed by atoms with Crippen molar-refractivity contribution < 1.29 is 23.5 Å². The van der Waals surface area contributed by atoms with Gasteiger partial charge in [-0.15, -0.1) is 21.5 Å². The Morgan fingerprint density at radius 1 is 1.21 bits per heavy atom. The summed E-state index contributed by atoms with van der Waals surface area (Å²) in [6, 6.07) is 5.89. The van der Waals surface area contributed by atoms with E-state index in [1.807, 2.05) is 26.0 Å². The van der Waals surface area contributed by atoms with Crippen LogP contribution in [0.4, 0.5) is 4.39 Å². The van der Waals surface area contributed by atoms with E-state index < -0.39 is 11.8 Å². The first-order valence-corrected chi connectivity index (χ1v) is 14.4. The zero-order valence-electron chi connectivity index (χ0n) is 23.1. The average molecular weight is 555 g/mol. The molecule has 1 aliphatic heterocycles. The summed E-state index contributed by atoms with van der Waals surface area (Å²) in [5, 5.41) is 18.7. The van der Waals surface area contributed by atoms with Gasteiger partial charge in [-0.05, 0) is 80.2 Å². The molecule has 0 spiro atoms. The summed E-state index contributed by atoms with van der Waals surface area (Å²) in [5.41, 5.74) is 1.31. The van der Waals surface area contributed by atoms with E-state index in [1.165, 1.54) is 11.3 Å². The number of amides is 1. The predicted octanol–water partition coefficient (Wildman–Crippen LogP) is 5.94. The van der Waals surface area contributed by atoms with Crippen molar-refractivity contribution in [3.8, 4) is 21.3 Å². The Hall–Kier alpha value is -2.98. The second-order valence-electron chi connectivity index (χ2n) is 12.0. The number of piperidine rings is 1. The highest BCUT2D eigenvalue weighted by Gasteiger charge is 2.40. The van der Waals surface area contributed by atoms with Crippen LogP contribution >= 0.6 is 11.3 Å². The van der Waals surface area contributed by atoms with Gasteiger partial charge in [-0.3, -0.25) is 9.59 Å². The molecule has 8 nitrogen and oxygen atoms in total. The fourth-order valence-electron chi connectivity index (χ4n) is 4.74. The molecular weight excluding hydrogens is 519 g/mol. The van der Waals surface area contributed by atoms with Crippen LogP contribution in [0, 0.1) is 5.92 Å². The summed E-state index contributed by atoms with van der Waals surface area (Å²) >= 11 is 1.23. The molecule has 1 aliphatic carbocycles. The highest BCUT2D eigenvalue weighted by molar-refractivity contribution is 7.18. The number of aromatic nitrogens is 3. The number of hydrogen-bond acceptors (Lipinski definition) is 8. The maximum Gasteiger partial charge on any atom is 0.276 e. The third-order valence-electron chi connectivity index (χ3n) is 7.48. The Balaban J connectivity index is 1.62. The number of carbonyl (C=O) groups is 2. The summed E-state index contributed by atoms with van der Waals surface area (Å²) in [4.78, 5) is 33.8. The quantitative estimate of drug-likeness (QED) is 0.343. The van der Waals surface area contributed by atoms with Crippen LogP contribution in [0.5, 0.6) is 0 Å². The summed E-state index contributed by atoms with van der Waals surface area (Å²) in [7, 11) is 0. The molecule has 3 aromatic rings. The van der Waals surface area contributed by atoms with Crippen LogP contribution in [0.3, 0.4) is 0 Å². The molecule has 1 saturated carbocycles. The van der Waals surface area contributed by atoms with Crippen LogP contribution in [0.2, 0.25) is 0 Å². The minimum absolute atomic E-state index is 0.00232. The number of nitrogens with zero attached hydrogens (tertiary/aromatic N) is 4. The minimum Gasteiger partial charge on any atom is -0.415 e. The Morgan fingerprint density at radius 2 is 1.90 bits per heavy atom. The molecule has 0 atom stereocenters. The number of likely N-dealkylation sites (tertiary alicyclic amines) is 1. The van der Waals surface area contributed by atoms with Crippen molar-refractivity contribution >= 4 is 23.0 Å². The molecule has 5 rings (SSSR count). The van der Waals surface area contributed by atoms with Gasteiger partial charge in [0.05, 0.1) is 4.88 Å². The molecule has 0 bridgehead atoms. The van der Waals surface area contributed by atoms with Gasteiger partial charge in [0, 0.05) is 25.1 Å². The molecule has 208 valence electrons. The second-order valence-corrected chi connectivity index (χ2v) is 13.0. The largest absolute Gasteiger partial charge is 0.415 e. The van der Waals surface area contributed by atoms with Gasteiger partial charge >= 0.3 is 0 Å². The van der Waals surface area contributed by atoms with E-state index >= 15 is 0 Å². The first-order chi connectivity index (χ1) is 18.3. The van der Waals surface area contributed by atoms with Crippen LogP contribution in [-0.2, 0) is 11.0 Å². The summed E-state index contributed by atoms with van der Waals surface area (Å²) in [6.45, 7) is 9.93. The molecule has 3 heterocycles. The normalized spacial score (nSPS) is 17.6. The molecule has 1 amide bonds. The molecule has 2 fully saturated rings. The Labute approximate surface area is 231 Å². The maximum absolute atomic E-state index is 13.8. The van der Waals surface area contributed by atoms with Crippen molar-refractivity contribution in [3.05, 3.63) is 40.9 Å². The van der Waals surface area contributed by atoms with Crippen molar-refractivity contribution in [2.75, 3.05) is 13.1 Å². The summed E-state index contributed by atoms with van der Waals surface area (Å²) in [5.74, 6) is 0.124. The highest BCUT2D eigenvalue weighted by Crippen LogP contribution is 2.49.